The van der Waals surface area contributed by atoms with Gasteiger partial charge in [-0.15, -0.1) is 0 Å². The summed E-state index contributed by atoms with van der Waals surface area (Å²) in [6, 6.07) is 11.9. The van der Waals surface area contributed by atoms with E-state index in [2.05, 4.69) is 65.8 Å². The van der Waals surface area contributed by atoms with Gasteiger partial charge in [0.25, 0.3) is 0 Å². The third-order valence-corrected chi connectivity index (χ3v) is 10.2. The largest absolute Gasteiger partial charge is 2.00 e. The van der Waals surface area contributed by atoms with Crippen LogP contribution in [0.2, 0.25) is 0 Å². The third-order valence-electron chi connectivity index (χ3n) is 10.2. The first kappa shape index (κ1) is 65.9. The maximum absolute atomic E-state index is 11.9. The second-order valence-corrected chi connectivity index (χ2v) is 16.1. The Morgan fingerprint density at radius 3 is 1.00 bits per heavy atom. The molecule has 0 saturated carbocycles. The Labute approximate surface area is 414 Å². The predicted octanol–water partition coefficient (Wildman–Crippen LogP) is 13.8. The minimum absolute atomic E-state index is 0. The molecule has 0 aliphatic rings. The normalized spacial score (nSPS) is 10.4. The van der Waals surface area contributed by atoms with E-state index in [1.54, 1.807) is 24.3 Å². The van der Waals surface area contributed by atoms with Gasteiger partial charge in [0.05, 0.1) is 36.3 Å². The van der Waals surface area contributed by atoms with E-state index < -0.39 is 23.9 Å². The van der Waals surface area contributed by atoms with Crippen molar-refractivity contribution in [2.24, 2.45) is 0 Å². The number of benzene rings is 2. The average Bonchev–Trinajstić information content (AvgIpc) is 3.30. The summed E-state index contributed by atoms with van der Waals surface area (Å²) in [5.74, 6) is -3.94. The minimum Gasteiger partial charge on any atom is -0.545 e. The molecular weight excluding hydrogens is 919 g/mol. The number of esters is 2. The fourth-order valence-corrected chi connectivity index (χ4v) is 6.28. The molecule has 0 spiro atoms. The summed E-state index contributed by atoms with van der Waals surface area (Å²) in [7, 11) is 0. The van der Waals surface area contributed by atoms with Gasteiger partial charge in [-0.3, -0.25) is 0 Å². The number of unbranched alkanes of at least 4 members (excludes halogenated alkanes) is 22. The quantitative estimate of drug-likeness (QED) is 0.0293. The van der Waals surface area contributed by atoms with E-state index >= 15 is 0 Å². The molecule has 0 unspecified atom stereocenters. The van der Waals surface area contributed by atoms with Crippen molar-refractivity contribution in [2.45, 2.75) is 207 Å². The van der Waals surface area contributed by atoms with Gasteiger partial charge < -0.3 is 29.3 Å². The van der Waals surface area contributed by atoms with E-state index in [4.69, 9.17) is 9.47 Å². The van der Waals surface area contributed by atoms with Crippen molar-refractivity contribution in [1.29, 1.82) is 0 Å². The van der Waals surface area contributed by atoms with Crippen LogP contribution < -0.4 is 10.2 Å². The van der Waals surface area contributed by atoms with Crippen LogP contribution in [-0.2, 0) is 9.47 Å². The zero-order valence-corrected chi connectivity index (χ0v) is 44.2. The van der Waals surface area contributed by atoms with Gasteiger partial charge in [-0.1, -0.05) is 231 Å². The van der Waals surface area contributed by atoms with E-state index in [0.29, 0.717) is 13.2 Å². The second-order valence-electron chi connectivity index (χ2n) is 16.1. The number of rotatable bonds is 34. The van der Waals surface area contributed by atoms with Gasteiger partial charge in [0.15, 0.2) is 0 Å². The van der Waals surface area contributed by atoms with E-state index in [-0.39, 0.29) is 46.2 Å². The molecule has 0 atom stereocenters. The standard InChI is InChI=1S/2C20H28O4.2C8H17.Sn/c2*1-2-3-4-5-6-7-8-9-10-13-16-24-20(23)18-15-12-11-14-17(18)19(21)22;2*1-3-5-7-8-6-4-2;/h2*5-6,11-12,14-15H,2-4,7-10,13,16H2,1H3,(H,21,22);2*1,3-8H2,2H3;/q;;;;+2/p-2/b2*6-5+;;;. The summed E-state index contributed by atoms with van der Waals surface area (Å²) in [5, 5.41) is 21.9. The summed E-state index contributed by atoms with van der Waals surface area (Å²) >= 11 is 0. The Bertz CT molecular complexity index is 1350. The van der Waals surface area contributed by atoms with Crippen molar-refractivity contribution in [3.63, 3.8) is 0 Å². The van der Waals surface area contributed by atoms with Crippen molar-refractivity contribution >= 4 is 47.8 Å². The molecule has 0 amide bonds. The first-order valence-electron chi connectivity index (χ1n) is 25.0. The molecule has 0 N–H and O–H groups in total. The zero-order valence-electron chi connectivity index (χ0n) is 41.3. The number of carbonyl (C=O) groups excluding carboxylic acids is 4. The van der Waals surface area contributed by atoms with Crippen molar-refractivity contribution < 1.29 is 38.9 Å². The number of allylic oxidation sites excluding steroid dienone is 4. The molecule has 0 aliphatic carbocycles. The summed E-state index contributed by atoms with van der Waals surface area (Å²) in [6.07, 6.45) is 42.5. The SMILES string of the molecule is CCCC/C=C/CCCCCCOC(=O)c1ccccc1C(=O)[O-].CCCC/C=C/CCCCCCOC(=O)c1ccccc1C(=O)[O-].[CH2]CCCCCCC.[CH2]CCCCCCC.[Sn+2]. The predicted molar refractivity (Wildman–Crippen MR) is 269 cm³/mol. The maximum Gasteiger partial charge on any atom is 2.00 e. The summed E-state index contributed by atoms with van der Waals surface area (Å²) < 4.78 is 10.3. The first-order valence-corrected chi connectivity index (χ1v) is 25.0. The van der Waals surface area contributed by atoms with Crippen LogP contribution in [0.4, 0.5) is 0 Å². The fraction of sp³-hybridized carbons (Fsp3) is 0.607. The number of hydrogen-bond acceptors (Lipinski definition) is 8. The van der Waals surface area contributed by atoms with Crippen molar-refractivity contribution in [1.82, 2.24) is 0 Å². The number of carbonyl (C=O) groups is 4. The topological polar surface area (TPSA) is 133 Å². The van der Waals surface area contributed by atoms with E-state index in [1.165, 1.54) is 127 Å². The minimum atomic E-state index is -1.37. The Balaban J connectivity index is -0.000000878. The molecule has 0 heterocycles. The van der Waals surface area contributed by atoms with Crippen molar-refractivity contribution in [2.75, 3.05) is 13.2 Å². The molecule has 364 valence electrons. The van der Waals surface area contributed by atoms with Gasteiger partial charge in [0.1, 0.15) is 0 Å². The third kappa shape index (κ3) is 41.7. The van der Waals surface area contributed by atoms with Crippen molar-refractivity contribution in [3.8, 4) is 0 Å². The van der Waals surface area contributed by atoms with Crippen LogP contribution in [0.3, 0.4) is 0 Å². The number of hydrogen-bond donors (Lipinski definition) is 0. The van der Waals surface area contributed by atoms with Crippen LogP contribution in [0.25, 0.3) is 0 Å². The van der Waals surface area contributed by atoms with E-state index in [1.807, 2.05) is 0 Å². The first-order chi connectivity index (χ1) is 31.2. The molecule has 9 heteroatoms. The van der Waals surface area contributed by atoms with Gasteiger partial charge in [-0.05, 0) is 63.5 Å². The number of ether oxygens (including phenoxy) is 2. The summed E-state index contributed by atoms with van der Waals surface area (Å²) in [4.78, 5) is 45.7. The summed E-state index contributed by atoms with van der Waals surface area (Å²) in [5.41, 5.74) is -0.154. The fourth-order valence-electron chi connectivity index (χ4n) is 6.28. The van der Waals surface area contributed by atoms with Crippen LogP contribution >= 0.6 is 0 Å². The average molecular weight is 1010 g/mol. The van der Waals surface area contributed by atoms with Crippen LogP contribution in [0.5, 0.6) is 0 Å². The molecule has 0 fully saturated rings. The van der Waals surface area contributed by atoms with Gasteiger partial charge in [-0.2, -0.15) is 0 Å². The maximum atomic E-state index is 11.9. The Morgan fingerprint density at radius 1 is 0.415 bits per heavy atom. The summed E-state index contributed by atoms with van der Waals surface area (Å²) in [6.45, 7) is 17.1. The molecule has 2 aromatic rings. The molecular formula is C56H88O8Sn. The number of carboxylic acid groups (broad SMARTS) is 2. The van der Waals surface area contributed by atoms with Crippen molar-refractivity contribution in [3.05, 3.63) is 109 Å². The van der Waals surface area contributed by atoms with E-state index in [9.17, 15) is 29.4 Å². The Hall–Kier alpha value is -3.40. The smallest absolute Gasteiger partial charge is 0.545 e. The van der Waals surface area contributed by atoms with Crippen LogP contribution in [0.15, 0.2) is 72.8 Å². The van der Waals surface area contributed by atoms with Crippen LogP contribution in [0.1, 0.15) is 249 Å². The number of carboxylic acids is 2. The Morgan fingerprint density at radius 2 is 0.692 bits per heavy atom. The molecule has 8 nitrogen and oxygen atoms in total. The second kappa shape index (κ2) is 51.6. The van der Waals surface area contributed by atoms with E-state index in [0.717, 1.165) is 77.0 Å². The van der Waals surface area contributed by atoms with Gasteiger partial charge in [-0.25, -0.2) is 9.59 Å². The molecule has 65 heavy (non-hydrogen) atoms. The van der Waals surface area contributed by atoms with Gasteiger partial charge in [0.2, 0.25) is 0 Å². The zero-order chi connectivity index (χ0) is 47.7. The molecule has 0 bridgehead atoms. The Kier molecular flexibility index (Phi) is 52.3. The monoisotopic (exact) mass is 1010 g/mol. The van der Waals surface area contributed by atoms with Gasteiger partial charge >= 0.3 is 35.8 Å². The van der Waals surface area contributed by atoms with Gasteiger partial charge in [0, 0.05) is 11.1 Å². The molecule has 0 aromatic heterocycles. The van der Waals surface area contributed by atoms with Crippen LogP contribution in [-0.4, -0.2) is 61.0 Å². The molecule has 0 saturated heterocycles. The number of aromatic carboxylic acids is 2. The molecule has 4 radical (unpaired) electrons. The molecule has 2 aromatic carbocycles. The van der Waals surface area contributed by atoms with Crippen LogP contribution in [0, 0.1) is 13.8 Å². The molecule has 2 rings (SSSR count). The molecule has 0 aliphatic heterocycles.